The average Bonchev–Trinajstić information content (AvgIpc) is 2.52. The molecule has 0 saturated heterocycles. The maximum absolute atomic E-state index is 12.0. The van der Waals surface area contributed by atoms with E-state index < -0.39 is 17.2 Å². The number of carbonyl (C=O) groups excluding carboxylic acids is 1. The van der Waals surface area contributed by atoms with Crippen LogP contribution in [0.3, 0.4) is 0 Å². The third kappa shape index (κ3) is 3.19. The molecule has 0 unspecified atom stereocenters. The van der Waals surface area contributed by atoms with Crippen LogP contribution in [0.15, 0.2) is 33.5 Å². The van der Waals surface area contributed by atoms with Crippen LogP contribution in [0.5, 0.6) is 11.5 Å². The van der Waals surface area contributed by atoms with Crippen LogP contribution in [0.1, 0.15) is 12.5 Å². The second-order valence-corrected chi connectivity index (χ2v) is 5.00. The number of carbonyl (C=O) groups is 1. The molecule has 7 heteroatoms. The lowest BCUT2D eigenvalue weighted by Crippen LogP contribution is -2.33. The number of methoxy groups -OCH3 is 2. The van der Waals surface area contributed by atoms with Crippen LogP contribution < -0.4 is 10.4 Å². The maximum atomic E-state index is 12.0. The Morgan fingerprint density at radius 3 is 2.65 bits per heavy atom. The Morgan fingerprint density at radius 1 is 1.35 bits per heavy atom. The van der Waals surface area contributed by atoms with E-state index in [9.17, 15) is 19.8 Å². The third-order valence-corrected chi connectivity index (χ3v) is 3.25. The van der Waals surface area contributed by atoms with Crippen molar-refractivity contribution in [3.8, 4) is 11.5 Å². The van der Waals surface area contributed by atoms with Gasteiger partial charge in [-0.25, -0.2) is 9.59 Å². The number of phenolic OH excluding ortho intramolecular Hbond substituents is 1. The quantitative estimate of drug-likeness (QED) is 0.648. The minimum absolute atomic E-state index is 0.0525. The highest BCUT2D eigenvalue weighted by molar-refractivity contribution is 5.87. The van der Waals surface area contributed by atoms with Crippen molar-refractivity contribution in [3.63, 3.8) is 0 Å². The number of esters is 1. The van der Waals surface area contributed by atoms with Crippen molar-refractivity contribution in [2.24, 2.45) is 0 Å². The van der Waals surface area contributed by atoms with Crippen LogP contribution >= 0.6 is 0 Å². The first-order chi connectivity index (χ1) is 10.8. The van der Waals surface area contributed by atoms with E-state index in [4.69, 9.17) is 9.15 Å². The number of benzene rings is 1. The summed E-state index contributed by atoms with van der Waals surface area (Å²) < 4.78 is 14.6. The van der Waals surface area contributed by atoms with Crippen LogP contribution in [0, 0.1) is 0 Å². The molecule has 2 rings (SSSR count). The molecule has 0 amide bonds. The zero-order valence-electron chi connectivity index (χ0n) is 12.8. The monoisotopic (exact) mass is 320 g/mol. The molecule has 1 atom stereocenters. The first kappa shape index (κ1) is 16.6. The zero-order valence-corrected chi connectivity index (χ0v) is 12.8. The molecule has 1 aromatic heterocycles. The van der Waals surface area contributed by atoms with Crippen molar-refractivity contribution in [1.29, 1.82) is 0 Å². The van der Waals surface area contributed by atoms with Crippen molar-refractivity contribution in [2.75, 3.05) is 14.2 Å². The topological polar surface area (TPSA) is 106 Å². The Morgan fingerprint density at radius 2 is 2.04 bits per heavy atom. The fraction of sp³-hybridized carbons (Fsp3) is 0.250. The molecule has 2 aromatic rings. The van der Waals surface area contributed by atoms with Crippen LogP contribution in [-0.4, -0.2) is 36.0 Å². The predicted octanol–water partition coefficient (Wildman–Crippen LogP) is 1.44. The van der Waals surface area contributed by atoms with E-state index in [1.807, 2.05) is 0 Å². The Bertz CT molecular complexity index is 830. The fourth-order valence-corrected chi connectivity index (χ4v) is 2.00. The molecule has 23 heavy (non-hydrogen) atoms. The zero-order chi connectivity index (χ0) is 17.2. The van der Waals surface area contributed by atoms with Crippen molar-refractivity contribution in [2.45, 2.75) is 12.5 Å². The number of ether oxygens (including phenoxy) is 2. The van der Waals surface area contributed by atoms with Gasteiger partial charge in [-0.3, -0.25) is 0 Å². The molecule has 2 N–H and O–H groups in total. The number of rotatable bonds is 4. The van der Waals surface area contributed by atoms with Gasteiger partial charge in [0.2, 0.25) is 5.75 Å². The number of aromatic hydroxyl groups is 1. The van der Waals surface area contributed by atoms with E-state index in [0.29, 0.717) is 5.39 Å². The smallest absolute Gasteiger partial charge is 0.343 e. The van der Waals surface area contributed by atoms with Crippen molar-refractivity contribution in [3.05, 3.63) is 40.3 Å². The van der Waals surface area contributed by atoms with Gasteiger partial charge in [0.15, 0.2) is 16.9 Å². The highest BCUT2D eigenvalue weighted by atomic mass is 16.5. The van der Waals surface area contributed by atoms with Gasteiger partial charge in [0.25, 0.3) is 0 Å². The van der Waals surface area contributed by atoms with Crippen LogP contribution in [0.25, 0.3) is 17.0 Å². The first-order valence-electron chi connectivity index (χ1n) is 6.64. The standard InChI is InChI=1S/C16H16O7/c1-16(20,15(19)22-3)7-6-10-8-9-4-5-11(17)13(21-2)12(9)23-14(10)18/h4-8,17,20H,1-3H3/t16-/m0/s1. The van der Waals surface area contributed by atoms with E-state index in [1.165, 1.54) is 32.2 Å². The molecular formula is C16H16O7. The van der Waals surface area contributed by atoms with Gasteiger partial charge in [0.05, 0.1) is 19.8 Å². The molecule has 1 aromatic carbocycles. The lowest BCUT2D eigenvalue weighted by atomic mass is 10.1. The lowest BCUT2D eigenvalue weighted by molar-refractivity contribution is -0.155. The van der Waals surface area contributed by atoms with Gasteiger partial charge in [-0.05, 0) is 37.3 Å². The van der Waals surface area contributed by atoms with Crippen LogP contribution in [0.2, 0.25) is 0 Å². The number of hydrogen-bond acceptors (Lipinski definition) is 7. The van der Waals surface area contributed by atoms with Crippen molar-refractivity contribution in [1.82, 2.24) is 0 Å². The van der Waals surface area contributed by atoms with E-state index in [0.717, 1.165) is 13.2 Å². The van der Waals surface area contributed by atoms with Gasteiger partial charge >= 0.3 is 11.6 Å². The Balaban J connectivity index is 2.52. The summed E-state index contributed by atoms with van der Waals surface area (Å²) in [7, 11) is 2.49. The summed E-state index contributed by atoms with van der Waals surface area (Å²) in [4.78, 5) is 23.4. The summed E-state index contributed by atoms with van der Waals surface area (Å²) in [5, 5.41) is 20.1. The molecule has 0 aliphatic carbocycles. The predicted molar refractivity (Wildman–Crippen MR) is 82.4 cm³/mol. The van der Waals surface area contributed by atoms with Gasteiger partial charge in [-0.2, -0.15) is 0 Å². The molecule has 7 nitrogen and oxygen atoms in total. The van der Waals surface area contributed by atoms with E-state index >= 15 is 0 Å². The highest BCUT2D eigenvalue weighted by Crippen LogP contribution is 2.34. The van der Waals surface area contributed by atoms with E-state index in [1.54, 1.807) is 6.07 Å². The molecule has 0 bridgehead atoms. The lowest BCUT2D eigenvalue weighted by Gasteiger charge is -2.15. The average molecular weight is 320 g/mol. The second-order valence-electron chi connectivity index (χ2n) is 5.00. The Kier molecular flexibility index (Phi) is 4.42. The summed E-state index contributed by atoms with van der Waals surface area (Å²) >= 11 is 0. The van der Waals surface area contributed by atoms with Gasteiger partial charge < -0.3 is 24.1 Å². The molecule has 1 heterocycles. The molecule has 0 radical (unpaired) electrons. The van der Waals surface area contributed by atoms with Gasteiger partial charge in [-0.1, -0.05) is 0 Å². The van der Waals surface area contributed by atoms with Crippen LogP contribution in [0.4, 0.5) is 0 Å². The van der Waals surface area contributed by atoms with Gasteiger partial charge in [-0.15, -0.1) is 0 Å². The molecule has 0 aliphatic rings. The molecule has 0 aliphatic heterocycles. The molecule has 0 fully saturated rings. The fourth-order valence-electron chi connectivity index (χ4n) is 2.00. The number of phenols is 1. The Hall–Kier alpha value is -2.80. The minimum atomic E-state index is -1.87. The molecule has 0 spiro atoms. The summed E-state index contributed by atoms with van der Waals surface area (Å²) in [5.74, 6) is -0.956. The van der Waals surface area contributed by atoms with Crippen molar-refractivity contribution >= 4 is 23.0 Å². The number of hydrogen-bond donors (Lipinski definition) is 2. The largest absolute Gasteiger partial charge is 0.504 e. The SMILES string of the molecule is COC(=O)[C@@](C)(O)C=Cc1cc2ccc(O)c(OC)c2oc1=O. The minimum Gasteiger partial charge on any atom is -0.504 e. The third-order valence-electron chi connectivity index (χ3n) is 3.25. The normalized spacial score (nSPS) is 13.9. The van der Waals surface area contributed by atoms with Crippen LogP contribution in [-0.2, 0) is 9.53 Å². The summed E-state index contributed by atoms with van der Waals surface area (Å²) in [6.45, 7) is 1.24. The summed E-state index contributed by atoms with van der Waals surface area (Å²) in [6.07, 6.45) is 2.40. The molecule has 122 valence electrons. The second kappa shape index (κ2) is 6.13. The molecule has 0 saturated carbocycles. The Labute approximate surface area is 131 Å². The number of aliphatic hydroxyl groups is 1. The summed E-state index contributed by atoms with van der Waals surface area (Å²) in [6, 6.07) is 4.44. The van der Waals surface area contributed by atoms with Crippen molar-refractivity contribution < 1.29 is 28.9 Å². The first-order valence-corrected chi connectivity index (χ1v) is 6.64. The highest BCUT2D eigenvalue weighted by Gasteiger charge is 2.28. The van der Waals surface area contributed by atoms with E-state index in [2.05, 4.69) is 4.74 Å². The molecular weight excluding hydrogens is 304 g/mol. The maximum Gasteiger partial charge on any atom is 0.343 e. The number of fused-ring (bicyclic) bond motifs is 1. The van der Waals surface area contributed by atoms with Gasteiger partial charge in [0, 0.05) is 5.39 Å². The summed E-state index contributed by atoms with van der Waals surface area (Å²) in [5.41, 5.74) is -2.36. The van der Waals surface area contributed by atoms with Gasteiger partial charge in [0.1, 0.15) is 0 Å². The van der Waals surface area contributed by atoms with E-state index in [-0.39, 0.29) is 22.6 Å².